The molecule has 1 aliphatic heterocycles. The van der Waals surface area contributed by atoms with E-state index in [1.807, 2.05) is 5.38 Å². The first-order valence-electron chi connectivity index (χ1n) is 6.73. The van der Waals surface area contributed by atoms with Gasteiger partial charge in [-0.15, -0.1) is 11.3 Å². The van der Waals surface area contributed by atoms with Crippen LogP contribution in [0.3, 0.4) is 0 Å². The molecule has 1 N–H and O–H groups in total. The van der Waals surface area contributed by atoms with E-state index in [1.54, 1.807) is 11.3 Å². The zero-order valence-corrected chi connectivity index (χ0v) is 11.5. The summed E-state index contributed by atoms with van der Waals surface area (Å²) >= 11 is 1.59. The summed E-state index contributed by atoms with van der Waals surface area (Å²) in [5.74, 6) is 0.719. The highest BCUT2D eigenvalue weighted by Gasteiger charge is 2.25. The van der Waals surface area contributed by atoms with Crippen LogP contribution >= 0.6 is 11.3 Å². The lowest BCUT2D eigenvalue weighted by atomic mass is 10.0. The number of carbonyl (C=O) groups excluding carboxylic acids is 1. The van der Waals surface area contributed by atoms with Gasteiger partial charge in [-0.05, 0) is 31.6 Å². The summed E-state index contributed by atoms with van der Waals surface area (Å²) in [7, 11) is 0. The van der Waals surface area contributed by atoms with Crippen LogP contribution in [-0.4, -0.2) is 30.0 Å². The highest BCUT2D eigenvalue weighted by molar-refractivity contribution is 7.13. The molecule has 2 heterocycles. The molecule has 1 saturated carbocycles. The summed E-state index contributed by atoms with van der Waals surface area (Å²) in [4.78, 5) is 18.7. The summed E-state index contributed by atoms with van der Waals surface area (Å²) in [6.07, 6.45) is 4.76. The zero-order chi connectivity index (χ0) is 12.5. The molecular formula is C13H19N3OS. The molecule has 1 atom stereocenters. The quantitative estimate of drug-likeness (QED) is 0.912. The Labute approximate surface area is 111 Å². The van der Waals surface area contributed by atoms with Gasteiger partial charge >= 0.3 is 0 Å². The monoisotopic (exact) mass is 265 g/mol. The van der Waals surface area contributed by atoms with Crippen molar-refractivity contribution in [1.29, 1.82) is 0 Å². The minimum absolute atomic E-state index is 0.00921. The van der Waals surface area contributed by atoms with Gasteiger partial charge in [-0.3, -0.25) is 4.79 Å². The molecule has 5 heteroatoms. The third-order valence-electron chi connectivity index (χ3n) is 3.56. The fourth-order valence-electron chi connectivity index (χ4n) is 2.36. The predicted molar refractivity (Wildman–Crippen MR) is 73.2 cm³/mol. The van der Waals surface area contributed by atoms with Crippen molar-refractivity contribution < 1.29 is 4.79 Å². The maximum absolute atomic E-state index is 11.9. The molecule has 3 rings (SSSR count). The lowest BCUT2D eigenvalue weighted by molar-refractivity contribution is 0.0947. The molecule has 0 aromatic carbocycles. The summed E-state index contributed by atoms with van der Waals surface area (Å²) < 4.78 is 0. The number of nitrogens with zero attached hydrogens (tertiary/aromatic N) is 2. The molecule has 4 nitrogen and oxygen atoms in total. The van der Waals surface area contributed by atoms with Gasteiger partial charge in [0.25, 0.3) is 5.91 Å². The lowest BCUT2D eigenvalue weighted by Crippen LogP contribution is -2.34. The van der Waals surface area contributed by atoms with Crippen LogP contribution in [0.2, 0.25) is 0 Å². The normalized spacial score (nSPS) is 24.1. The van der Waals surface area contributed by atoms with Gasteiger partial charge in [-0.1, -0.05) is 6.92 Å². The third-order valence-corrected chi connectivity index (χ3v) is 4.47. The number of aromatic nitrogens is 1. The van der Waals surface area contributed by atoms with Gasteiger partial charge in [0.1, 0.15) is 5.69 Å². The zero-order valence-electron chi connectivity index (χ0n) is 10.7. The van der Waals surface area contributed by atoms with E-state index < -0.39 is 0 Å². The topological polar surface area (TPSA) is 45.2 Å². The van der Waals surface area contributed by atoms with E-state index in [9.17, 15) is 4.79 Å². The van der Waals surface area contributed by atoms with Crippen molar-refractivity contribution in [3.63, 3.8) is 0 Å². The number of piperidine rings is 1. The van der Waals surface area contributed by atoms with Crippen LogP contribution in [0.1, 0.15) is 43.1 Å². The number of carbonyl (C=O) groups is 1. The first-order valence-corrected chi connectivity index (χ1v) is 7.61. The maximum Gasteiger partial charge on any atom is 0.271 e. The van der Waals surface area contributed by atoms with Gasteiger partial charge in [-0.2, -0.15) is 0 Å². The standard InChI is InChI=1S/C13H19N3OS/c1-9-3-2-6-16(7-9)13-15-11(8-18-13)12(17)14-10-4-5-10/h8-10H,2-7H2,1H3,(H,14,17)/t9-/m0/s1. The Bertz CT molecular complexity index is 441. The van der Waals surface area contributed by atoms with Crippen molar-refractivity contribution in [3.05, 3.63) is 11.1 Å². The first kappa shape index (κ1) is 12.0. The van der Waals surface area contributed by atoms with E-state index in [0.29, 0.717) is 11.7 Å². The summed E-state index contributed by atoms with van der Waals surface area (Å²) in [6.45, 7) is 4.42. The average Bonchev–Trinajstić information content (AvgIpc) is 3.03. The molecule has 0 bridgehead atoms. The van der Waals surface area contributed by atoms with Crippen molar-refractivity contribution in [2.24, 2.45) is 5.92 Å². The fraction of sp³-hybridized carbons (Fsp3) is 0.692. The number of nitrogens with one attached hydrogen (secondary N) is 1. The van der Waals surface area contributed by atoms with Crippen LogP contribution in [0.4, 0.5) is 5.13 Å². The number of anilines is 1. The summed E-state index contributed by atoms with van der Waals surface area (Å²) in [5, 5.41) is 5.87. The second-order valence-corrected chi connectivity index (χ2v) is 6.29. The van der Waals surface area contributed by atoms with Gasteiger partial charge in [-0.25, -0.2) is 4.98 Å². The Kier molecular flexibility index (Phi) is 3.24. The van der Waals surface area contributed by atoms with Crippen molar-refractivity contribution >= 4 is 22.4 Å². The molecule has 2 aliphatic rings. The second kappa shape index (κ2) is 4.88. The van der Waals surface area contributed by atoms with Gasteiger partial charge in [0.2, 0.25) is 0 Å². The number of amides is 1. The molecule has 0 radical (unpaired) electrons. The molecule has 0 spiro atoms. The molecule has 98 valence electrons. The van der Waals surface area contributed by atoms with Crippen molar-refractivity contribution in [2.75, 3.05) is 18.0 Å². The van der Waals surface area contributed by atoms with Crippen LogP contribution in [0, 0.1) is 5.92 Å². The predicted octanol–water partition coefficient (Wildman–Crippen LogP) is 2.27. The average molecular weight is 265 g/mol. The first-order chi connectivity index (χ1) is 8.72. The Morgan fingerprint density at radius 2 is 2.33 bits per heavy atom. The van der Waals surface area contributed by atoms with Gasteiger partial charge in [0.15, 0.2) is 5.13 Å². The number of hydrogen-bond acceptors (Lipinski definition) is 4. The molecule has 0 unspecified atom stereocenters. The van der Waals surface area contributed by atoms with Gasteiger partial charge in [0, 0.05) is 24.5 Å². The van der Waals surface area contributed by atoms with Crippen molar-refractivity contribution in [2.45, 2.75) is 38.6 Å². The van der Waals surface area contributed by atoms with Crippen molar-refractivity contribution in [1.82, 2.24) is 10.3 Å². The highest BCUT2D eigenvalue weighted by Crippen LogP contribution is 2.26. The van der Waals surface area contributed by atoms with E-state index >= 15 is 0 Å². The van der Waals surface area contributed by atoms with Crippen LogP contribution in [-0.2, 0) is 0 Å². The Morgan fingerprint density at radius 3 is 3.06 bits per heavy atom. The van der Waals surface area contributed by atoms with Crippen LogP contribution in [0.15, 0.2) is 5.38 Å². The number of thiazole rings is 1. The Morgan fingerprint density at radius 1 is 1.50 bits per heavy atom. The minimum atomic E-state index is -0.00921. The molecule has 1 saturated heterocycles. The largest absolute Gasteiger partial charge is 0.348 e. The Balaban J connectivity index is 1.66. The SMILES string of the molecule is C[C@H]1CCCN(c2nc(C(=O)NC3CC3)cs2)C1. The molecule has 18 heavy (non-hydrogen) atoms. The van der Waals surface area contributed by atoms with Gasteiger partial charge < -0.3 is 10.2 Å². The summed E-state index contributed by atoms with van der Waals surface area (Å²) in [5.41, 5.74) is 0.583. The molecule has 1 aromatic heterocycles. The number of rotatable bonds is 3. The smallest absolute Gasteiger partial charge is 0.271 e. The second-order valence-electron chi connectivity index (χ2n) is 5.46. The maximum atomic E-state index is 11.9. The lowest BCUT2D eigenvalue weighted by Gasteiger charge is -2.30. The van der Waals surface area contributed by atoms with Gasteiger partial charge in [0.05, 0.1) is 0 Å². The van der Waals surface area contributed by atoms with E-state index in [-0.39, 0.29) is 5.91 Å². The van der Waals surface area contributed by atoms with Crippen LogP contribution < -0.4 is 10.2 Å². The molecule has 1 aromatic rings. The van der Waals surface area contributed by atoms with E-state index in [1.165, 1.54) is 12.8 Å². The molecule has 1 aliphatic carbocycles. The molecule has 2 fully saturated rings. The minimum Gasteiger partial charge on any atom is -0.348 e. The molecule has 1 amide bonds. The fourth-order valence-corrected chi connectivity index (χ4v) is 3.21. The van der Waals surface area contributed by atoms with Crippen LogP contribution in [0.5, 0.6) is 0 Å². The molecular weight excluding hydrogens is 246 g/mol. The summed E-state index contributed by atoms with van der Waals surface area (Å²) in [6, 6.07) is 0.401. The van der Waals surface area contributed by atoms with E-state index in [0.717, 1.165) is 37.0 Å². The van der Waals surface area contributed by atoms with E-state index in [2.05, 4.69) is 22.1 Å². The van der Waals surface area contributed by atoms with E-state index in [4.69, 9.17) is 0 Å². The third kappa shape index (κ3) is 2.66. The number of hydrogen-bond donors (Lipinski definition) is 1. The highest BCUT2D eigenvalue weighted by atomic mass is 32.1. The van der Waals surface area contributed by atoms with Crippen molar-refractivity contribution in [3.8, 4) is 0 Å². The van der Waals surface area contributed by atoms with Crippen LogP contribution in [0.25, 0.3) is 0 Å². The Hall–Kier alpha value is -1.10.